The summed E-state index contributed by atoms with van der Waals surface area (Å²) in [5, 5.41) is 7.89. The minimum Gasteiger partial charge on any atom is -0.478 e. The fourth-order valence-corrected chi connectivity index (χ4v) is 14.7. The van der Waals surface area contributed by atoms with E-state index in [1.807, 2.05) is 0 Å². The molecule has 0 bridgehead atoms. The van der Waals surface area contributed by atoms with Gasteiger partial charge in [0.15, 0.2) is 16.6 Å². The van der Waals surface area contributed by atoms with Crippen molar-refractivity contribution in [2.24, 2.45) is 0 Å². The summed E-state index contributed by atoms with van der Waals surface area (Å²) in [6.07, 6.45) is 1.18. The van der Waals surface area contributed by atoms with E-state index in [1.54, 1.807) is 0 Å². The molecule has 0 rings (SSSR count). The first kappa shape index (κ1) is 26.2. The Kier molecular flexibility index (Phi) is 11.4. The van der Waals surface area contributed by atoms with E-state index in [9.17, 15) is 9.59 Å². The molecule has 0 aromatic carbocycles. The van der Waals surface area contributed by atoms with Gasteiger partial charge >= 0.3 is 20.5 Å². The largest absolute Gasteiger partial charge is 0.478 e. The Balaban J connectivity index is 0. The second-order valence-electron chi connectivity index (χ2n) is 7.68. The second-order valence-corrected chi connectivity index (χ2v) is 20.4. The predicted octanol–water partition coefficient (Wildman–Crippen LogP) is 4.14. The van der Waals surface area contributed by atoms with Gasteiger partial charge in [-0.15, -0.1) is 0 Å². The van der Waals surface area contributed by atoms with E-state index in [4.69, 9.17) is 18.1 Å². The molecule has 6 nitrogen and oxygen atoms in total. The van der Waals surface area contributed by atoms with E-state index in [0.717, 1.165) is 6.04 Å². The zero-order valence-corrected chi connectivity index (χ0v) is 19.9. The van der Waals surface area contributed by atoms with Gasteiger partial charge in [0.05, 0.1) is 6.61 Å². The molecule has 1 N–H and O–H groups in total. The lowest BCUT2D eigenvalue weighted by atomic mass is 10.4. The minimum absolute atomic E-state index is 0.176. The van der Waals surface area contributed by atoms with Crippen LogP contribution in [0.2, 0.25) is 51.9 Å². The third kappa shape index (κ3) is 17.6. The highest BCUT2D eigenvalue weighted by atomic mass is 28.5. The van der Waals surface area contributed by atoms with Crippen LogP contribution in [0.3, 0.4) is 0 Å². The summed E-state index contributed by atoms with van der Waals surface area (Å²) in [5.74, 6) is -1.31. The molecule has 0 unspecified atom stereocenters. The van der Waals surface area contributed by atoms with Gasteiger partial charge in [0, 0.05) is 11.6 Å². The van der Waals surface area contributed by atoms with Gasteiger partial charge in [-0.05, 0) is 58.8 Å². The Morgan fingerprint density at radius 3 is 1.80 bits per heavy atom. The van der Waals surface area contributed by atoms with E-state index in [-0.39, 0.29) is 11.5 Å². The standard InChI is InChI=1S/C12H28O4Si3.C4H6O2/c1-9-12(13)14-10-11-18(5,6)16-19(7,8)15-17(2,3)4;1-3(2)4(5)6/h9H,1,10-11H2,2-8H3;1H2,2H3,(H,5,6). The summed E-state index contributed by atoms with van der Waals surface area (Å²) in [5.41, 5.74) is 0.176. The fourth-order valence-electron chi connectivity index (χ4n) is 1.93. The number of hydrogen-bond acceptors (Lipinski definition) is 5. The average Bonchev–Trinajstić information content (AvgIpc) is 2.34. The van der Waals surface area contributed by atoms with E-state index in [0.29, 0.717) is 6.61 Å². The highest BCUT2D eigenvalue weighted by Crippen LogP contribution is 2.22. The number of carbonyl (C=O) groups excluding carboxylic acids is 1. The van der Waals surface area contributed by atoms with Crippen molar-refractivity contribution >= 4 is 37.1 Å². The van der Waals surface area contributed by atoms with Crippen LogP contribution in [0, 0.1) is 0 Å². The molecule has 0 heterocycles. The van der Waals surface area contributed by atoms with Crippen LogP contribution in [0.25, 0.3) is 0 Å². The quantitative estimate of drug-likeness (QED) is 0.352. The summed E-state index contributed by atoms with van der Waals surface area (Å²) < 4.78 is 17.5. The molecule has 0 radical (unpaired) electrons. The van der Waals surface area contributed by atoms with Crippen LogP contribution in [0.15, 0.2) is 24.8 Å². The van der Waals surface area contributed by atoms with Crippen molar-refractivity contribution in [3.63, 3.8) is 0 Å². The summed E-state index contributed by atoms with van der Waals surface area (Å²) in [6.45, 7) is 23.3. The lowest BCUT2D eigenvalue weighted by Crippen LogP contribution is -2.51. The molecule has 0 atom stereocenters. The van der Waals surface area contributed by atoms with Crippen molar-refractivity contribution in [3.8, 4) is 0 Å². The van der Waals surface area contributed by atoms with Crippen LogP contribution < -0.4 is 0 Å². The van der Waals surface area contributed by atoms with Gasteiger partial charge in [0.25, 0.3) is 0 Å². The zero-order chi connectivity index (χ0) is 20.5. The Morgan fingerprint density at radius 1 is 1.04 bits per heavy atom. The molecule has 0 aromatic rings. The Labute approximate surface area is 155 Å². The molecule has 0 saturated heterocycles. The maximum Gasteiger partial charge on any atom is 0.330 e. The molecule has 0 aliphatic carbocycles. The number of ether oxygens (including phenoxy) is 1. The number of hydrogen-bond donors (Lipinski definition) is 1. The zero-order valence-electron chi connectivity index (χ0n) is 16.9. The Hall–Kier alpha value is -1.01. The van der Waals surface area contributed by atoms with Crippen molar-refractivity contribution in [2.45, 2.75) is 58.8 Å². The second kappa shape index (κ2) is 10.9. The molecule has 0 aromatic heterocycles. The number of esters is 1. The number of carboxylic acid groups (broad SMARTS) is 1. The van der Waals surface area contributed by atoms with Crippen LogP contribution in [0.1, 0.15) is 6.92 Å². The molecule has 0 spiro atoms. The van der Waals surface area contributed by atoms with E-state index in [1.165, 1.54) is 13.0 Å². The van der Waals surface area contributed by atoms with Crippen molar-refractivity contribution in [1.82, 2.24) is 0 Å². The SMILES string of the molecule is C=C(C)C(=O)O.C=CC(=O)OCC[Si](C)(C)O[Si](C)(C)O[Si](C)(C)C. The first-order valence-corrected chi connectivity index (χ1v) is 17.4. The van der Waals surface area contributed by atoms with Crippen LogP contribution in [-0.4, -0.2) is 48.8 Å². The average molecular weight is 407 g/mol. The van der Waals surface area contributed by atoms with Crippen LogP contribution in [-0.2, 0) is 22.6 Å². The lowest BCUT2D eigenvalue weighted by Gasteiger charge is -2.37. The molecule has 25 heavy (non-hydrogen) atoms. The van der Waals surface area contributed by atoms with Crippen LogP contribution >= 0.6 is 0 Å². The number of rotatable bonds is 9. The van der Waals surface area contributed by atoms with Crippen LogP contribution in [0.4, 0.5) is 0 Å². The van der Waals surface area contributed by atoms with Crippen molar-refractivity contribution < 1.29 is 27.7 Å². The maximum atomic E-state index is 11.0. The molecule has 0 aliphatic rings. The van der Waals surface area contributed by atoms with Crippen LogP contribution in [0.5, 0.6) is 0 Å². The van der Waals surface area contributed by atoms with E-state index in [2.05, 4.69) is 59.0 Å². The number of carboxylic acids is 1. The van der Waals surface area contributed by atoms with E-state index >= 15 is 0 Å². The van der Waals surface area contributed by atoms with Gasteiger partial charge < -0.3 is 18.1 Å². The van der Waals surface area contributed by atoms with Gasteiger partial charge in [0.2, 0.25) is 0 Å². The third-order valence-corrected chi connectivity index (χ3v) is 12.6. The molecular weight excluding hydrogens is 372 g/mol. The lowest BCUT2D eigenvalue weighted by molar-refractivity contribution is -0.137. The third-order valence-electron chi connectivity index (χ3n) is 2.55. The Bertz CT molecular complexity index is 469. The van der Waals surface area contributed by atoms with Gasteiger partial charge in [-0.2, -0.15) is 0 Å². The minimum atomic E-state index is -2.10. The number of carbonyl (C=O) groups is 2. The summed E-state index contributed by atoms with van der Waals surface area (Å²) >= 11 is 0. The molecule has 0 fully saturated rings. The maximum absolute atomic E-state index is 11.0. The smallest absolute Gasteiger partial charge is 0.330 e. The van der Waals surface area contributed by atoms with Crippen molar-refractivity contribution in [1.29, 1.82) is 0 Å². The highest BCUT2D eigenvalue weighted by molar-refractivity contribution is 6.87. The molecular formula is C16H34O6Si3. The first-order chi connectivity index (χ1) is 11.0. The normalized spacial score (nSPS) is 11.8. The van der Waals surface area contributed by atoms with Gasteiger partial charge in [-0.3, -0.25) is 0 Å². The number of aliphatic carboxylic acids is 1. The topological polar surface area (TPSA) is 82.1 Å². The molecule has 0 aliphatic heterocycles. The van der Waals surface area contributed by atoms with Gasteiger partial charge in [-0.25, -0.2) is 9.59 Å². The summed E-state index contributed by atoms with van der Waals surface area (Å²) in [4.78, 5) is 20.6. The first-order valence-electron chi connectivity index (χ1n) is 8.10. The fraction of sp³-hybridized carbons (Fsp3) is 0.625. The summed E-state index contributed by atoms with van der Waals surface area (Å²) in [7, 11) is -5.55. The van der Waals surface area contributed by atoms with E-state index < -0.39 is 31.2 Å². The summed E-state index contributed by atoms with van der Waals surface area (Å²) in [6, 6.07) is 0.776. The van der Waals surface area contributed by atoms with Crippen molar-refractivity contribution in [2.75, 3.05) is 6.61 Å². The van der Waals surface area contributed by atoms with Crippen molar-refractivity contribution in [3.05, 3.63) is 24.8 Å². The Morgan fingerprint density at radius 2 is 1.48 bits per heavy atom. The molecule has 146 valence electrons. The predicted molar refractivity (Wildman–Crippen MR) is 109 cm³/mol. The molecule has 0 amide bonds. The van der Waals surface area contributed by atoms with Gasteiger partial charge in [-0.1, -0.05) is 13.2 Å². The molecule has 9 heteroatoms. The molecule has 0 saturated carbocycles. The monoisotopic (exact) mass is 406 g/mol. The van der Waals surface area contributed by atoms with Gasteiger partial charge in [0.1, 0.15) is 0 Å². The highest BCUT2D eigenvalue weighted by Gasteiger charge is 2.37.